The third kappa shape index (κ3) is 3.50. The molecule has 1 aromatic carbocycles. The Labute approximate surface area is 170 Å². The van der Waals surface area contributed by atoms with Gasteiger partial charge in [0.25, 0.3) is 5.91 Å². The molecule has 29 heavy (non-hydrogen) atoms. The summed E-state index contributed by atoms with van der Waals surface area (Å²) in [4.78, 5) is 15.2. The van der Waals surface area contributed by atoms with Gasteiger partial charge in [0.1, 0.15) is 5.76 Å². The molecule has 0 unspecified atom stereocenters. The van der Waals surface area contributed by atoms with Gasteiger partial charge in [-0.05, 0) is 61.7 Å². The normalized spacial score (nSPS) is 13.3. The predicted molar refractivity (Wildman–Crippen MR) is 110 cm³/mol. The third-order valence-corrected chi connectivity index (χ3v) is 5.70. The van der Waals surface area contributed by atoms with Crippen LogP contribution >= 0.6 is 0 Å². The number of benzene rings is 1. The van der Waals surface area contributed by atoms with Gasteiger partial charge in [-0.25, -0.2) is 0 Å². The zero-order valence-electron chi connectivity index (χ0n) is 17.3. The number of ether oxygens (including phenoxy) is 2. The Bertz CT molecular complexity index is 1030. The fourth-order valence-electron chi connectivity index (χ4n) is 4.05. The summed E-state index contributed by atoms with van der Waals surface area (Å²) in [7, 11) is 3.27. The van der Waals surface area contributed by atoms with Crippen LogP contribution in [0.5, 0.6) is 11.5 Å². The number of carbonyl (C=O) groups is 1. The molecule has 0 fully saturated rings. The Morgan fingerprint density at radius 2 is 1.83 bits per heavy atom. The summed E-state index contributed by atoms with van der Waals surface area (Å²) in [5, 5.41) is 0. The Morgan fingerprint density at radius 1 is 1.10 bits per heavy atom. The first-order chi connectivity index (χ1) is 14.0. The number of aromatic nitrogens is 1. The van der Waals surface area contributed by atoms with Crippen molar-refractivity contribution < 1.29 is 18.7 Å². The number of hydrogen-bond acceptors (Lipinski definition) is 4. The molecule has 0 N–H and O–H groups in total. The largest absolute Gasteiger partial charge is 0.493 e. The highest BCUT2D eigenvalue weighted by atomic mass is 16.5. The van der Waals surface area contributed by atoms with Crippen LogP contribution in [0.25, 0.3) is 0 Å². The first-order valence-corrected chi connectivity index (χ1v) is 9.74. The van der Waals surface area contributed by atoms with Gasteiger partial charge in [-0.1, -0.05) is 0 Å². The van der Waals surface area contributed by atoms with E-state index < -0.39 is 0 Å². The summed E-state index contributed by atoms with van der Waals surface area (Å²) in [5.41, 5.74) is 5.06. The van der Waals surface area contributed by atoms with Crippen molar-refractivity contribution in [2.24, 2.45) is 0 Å². The zero-order chi connectivity index (χ0) is 20.5. The molecule has 0 aliphatic carbocycles. The summed E-state index contributed by atoms with van der Waals surface area (Å²) < 4.78 is 18.4. The topological polar surface area (TPSA) is 56.8 Å². The lowest BCUT2D eigenvalue weighted by molar-refractivity contribution is 0.0733. The number of amides is 1. The van der Waals surface area contributed by atoms with E-state index in [9.17, 15) is 4.79 Å². The van der Waals surface area contributed by atoms with E-state index in [1.165, 1.54) is 5.56 Å². The molecule has 6 nitrogen and oxygen atoms in total. The maximum atomic E-state index is 13.3. The number of fused-ring (bicyclic) bond motifs is 1. The van der Waals surface area contributed by atoms with Crippen molar-refractivity contribution in [2.45, 2.75) is 33.4 Å². The van der Waals surface area contributed by atoms with Gasteiger partial charge in [0.15, 0.2) is 11.5 Å². The first kappa shape index (κ1) is 19.2. The molecule has 4 rings (SSSR count). The SMILES string of the molecule is COc1cc2c(cc1OC)CN(C(=O)c1cc(C)n(Cc3ccco3)c1C)CC2. The molecule has 0 bridgehead atoms. The van der Waals surface area contributed by atoms with E-state index in [0.717, 1.165) is 40.4 Å². The molecule has 0 spiro atoms. The summed E-state index contributed by atoms with van der Waals surface area (Å²) in [6, 6.07) is 9.80. The molecule has 3 aromatic rings. The van der Waals surface area contributed by atoms with Crippen LogP contribution < -0.4 is 9.47 Å². The fourth-order valence-corrected chi connectivity index (χ4v) is 4.05. The molecule has 0 saturated heterocycles. The molecule has 152 valence electrons. The third-order valence-electron chi connectivity index (χ3n) is 5.70. The monoisotopic (exact) mass is 394 g/mol. The molecule has 6 heteroatoms. The lowest BCUT2D eigenvalue weighted by Crippen LogP contribution is -2.36. The average molecular weight is 394 g/mol. The zero-order valence-corrected chi connectivity index (χ0v) is 17.3. The molecule has 0 atom stereocenters. The smallest absolute Gasteiger partial charge is 0.255 e. The predicted octanol–water partition coefficient (Wildman–Crippen LogP) is 3.96. The molecular weight excluding hydrogens is 368 g/mol. The number of carbonyl (C=O) groups excluding carboxylic acids is 1. The maximum absolute atomic E-state index is 13.3. The Balaban J connectivity index is 1.58. The average Bonchev–Trinajstić information content (AvgIpc) is 3.35. The van der Waals surface area contributed by atoms with Gasteiger partial charge in [-0.2, -0.15) is 0 Å². The molecule has 0 saturated carbocycles. The van der Waals surface area contributed by atoms with Crippen molar-refractivity contribution in [3.8, 4) is 11.5 Å². The van der Waals surface area contributed by atoms with Gasteiger partial charge in [0, 0.05) is 24.5 Å². The van der Waals surface area contributed by atoms with Crippen LogP contribution in [0.15, 0.2) is 41.0 Å². The number of methoxy groups -OCH3 is 2. The van der Waals surface area contributed by atoms with Gasteiger partial charge < -0.3 is 23.4 Å². The lowest BCUT2D eigenvalue weighted by atomic mass is 9.98. The summed E-state index contributed by atoms with van der Waals surface area (Å²) in [6.07, 6.45) is 2.47. The minimum absolute atomic E-state index is 0.0595. The van der Waals surface area contributed by atoms with Crippen LogP contribution in [0.1, 0.15) is 38.6 Å². The molecule has 1 aliphatic rings. The number of nitrogens with zero attached hydrogens (tertiary/aromatic N) is 2. The lowest BCUT2D eigenvalue weighted by Gasteiger charge is -2.29. The van der Waals surface area contributed by atoms with Crippen molar-refractivity contribution >= 4 is 5.91 Å². The Hall–Kier alpha value is -3.15. The van der Waals surface area contributed by atoms with Crippen LogP contribution in [0.4, 0.5) is 0 Å². The van der Waals surface area contributed by atoms with Gasteiger partial charge >= 0.3 is 0 Å². The van der Waals surface area contributed by atoms with Crippen molar-refractivity contribution in [3.63, 3.8) is 0 Å². The molecule has 3 heterocycles. The van der Waals surface area contributed by atoms with Gasteiger partial charge in [-0.15, -0.1) is 0 Å². The number of hydrogen-bond donors (Lipinski definition) is 0. The Kier molecular flexibility index (Phi) is 5.09. The Morgan fingerprint density at radius 3 is 2.48 bits per heavy atom. The van der Waals surface area contributed by atoms with Crippen LogP contribution in [0.2, 0.25) is 0 Å². The molecule has 1 amide bonds. The van der Waals surface area contributed by atoms with E-state index in [1.54, 1.807) is 20.5 Å². The summed E-state index contributed by atoms with van der Waals surface area (Å²) in [5.74, 6) is 2.35. The van der Waals surface area contributed by atoms with Crippen LogP contribution in [-0.2, 0) is 19.5 Å². The summed E-state index contributed by atoms with van der Waals surface area (Å²) in [6.45, 7) is 5.89. The summed E-state index contributed by atoms with van der Waals surface area (Å²) >= 11 is 0. The molecule has 2 aromatic heterocycles. The van der Waals surface area contributed by atoms with Crippen molar-refractivity contribution in [1.29, 1.82) is 0 Å². The van der Waals surface area contributed by atoms with E-state index in [4.69, 9.17) is 13.9 Å². The van der Waals surface area contributed by atoms with Crippen LogP contribution in [0.3, 0.4) is 0 Å². The van der Waals surface area contributed by atoms with Crippen LogP contribution in [0, 0.1) is 13.8 Å². The number of furan rings is 1. The van der Waals surface area contributed by atoms with E-state index in [2.05, 4.69) is 4.57 Å². The molecule has 0 radical (unpaired) electrons. The minimum Gasteiger partial charge on any atom is -0.493 e. The second kappa shape index (κ2) is 7.70. The molecule has 1 aliphatic heterocycles. The van der Waals surface area contributed by atoms with E-state index in [-0.39, 0.29) is 5.91 Å². The standard InChI is InChI=1S/C23H26N2O4/c1-15-10-20(16(2)25(15)14-19-6-5-9-29-19)23(26)24-8-7-17-11-21(27-3)22(28-4)12-18(17)13-24/h5-6,9-12H,7-8,13-14H2,1-4H3. The first-order valence-electron chi connectivity index (χ1n) is 9.74. The van der Waals surface area contributed by atoms with Crippen molar-refractivity contribution in [3.05, 3.63) is 70.4 Å². The fraction of sp³-hybridized carbons (Fsp3) is 0.348. The number of aryl methyl sites for hydroxylation is 1. The minimum atomic E-state index is 0.0595. The maximum Gasteiger partial charge on any atom is 0.255 e. The second-order valence-corrected chi connectivity index (χ2v) is 7.40. The van der Waals surface area contributed by atoms with Gasteiger partial charge in [0.2, 0.25) is 0 Å². The number of rotatable bonds is 5. The second-order valence-electron chi connectivity index (χ2n) is 7.40. The van der Waals surface area contributed by atoms with Crippen molar-refractivity contribution in [2.75, 3.05) is 20.8 Å². The van der Waals surface area contributed by atoms with E-state index in [1.807, 2.05) is 49.1 Å². The van der Waals surface area contributed by atoms with Crippen LogP contribution in [-0.4, -0.2) is 36.1 Å². The molecular formula is C23H26N2O4. The quantitative estimate of drug-likeness (QED) is 0.657. The van der Waals surface area contributed by atoms with Gasteiger partial charge in [0.05, 0.1) is 32.6 Å². The van der Waals surface area contributed by atoms with E-state index >= 15 is 0 Å². The highest BCUT2D eigenvalue weighted by molar-refractivity contribution is 5.96. The van der Waals surface area contributed by atoms with E-state index in [0.29, 0.717) is 25.4 Å². The van der Waals surface area contributed by atoms with Crippen molar-refractivity contribution in [1.82, 2.24) is 9.47 Å². The van der Waals surface area contributed by atoms with Gasteiger partial charge in [-0.3, -0.25) is 4.79 Å². The highest BCUT2D eigenvalue weighted by Crippen LogP contribution is 2.33. The highest BCUT2D eigenvalue weighted by Gasteiger charge is 2.26.